The molecule has 0 fully saturated rings. The summed E-state index contributed by atoms with van der Waals surface area (Å²) in [5, 5.41) is 3.57. The number of hydrogen-bond donors (Lipinski definition) is 1. The molecule has 162 valence electrons. The van der Waals surface area contributed by atoms with Crippen LogP contribution >= 0.6 is 0 Å². The van der Waals surface area contributed by atoms with Crippen LogP contribution in [-0.4, -0.2) is 13.2 Å². The van der Waals surface area contributed by atoms with Gasteiger partial charge in [-0.3, -0.25) is 0 Å². The van der Waals surface area contributed by atoms with Gasteiger partial charge in [0.1, 0.15) is 5.75 Å². The van der Waals surface area contributed by atoms with Crippen molar-refractivity contribution in [2.75, 3.05) is 13.2 Å². The average Bonchev–Trinajstić information content (AvgIpc) is 2.73. The molecule has 0 radical (unpaired) electrons. The molecule has 0 saturated heterocycles. The van der Waals surface area contributed by atoms with E-state index in [9.17, 15) is 0 Å². The molecular weight excluding hydrogens is 342 g/mol. The zero-order valence-corrected chi connectivity index (χ0v) is 18.9. The van der Waals surface area contributed by atoms with Crippen LogP contribution in [0.1, 0.15) is 116 Å². The summed E-state index contributed by atoms with van der Waals surface area (Å²) in [5.74, 6) is 0.984. The van der Waals surface area contributed by atoms with Crippen LogP contribution in [0.25, 0.3) is 0 Å². The van der Waals surface area contributed by atoms with Gasteiger partial charge in [-0.2, -0.15) is 0 Å². The van der Waals surface area contributed by atoms with Crippen LogP contribution in [0, 0.1) is 0 Å². The van der Waals surface area contributed by atoms with E-state index in [4.69, 9.17) is 4.74 Å². The molecule has 1 aromatic rings. The van der Waals surface area contributed by atoms with Crippen molar-refractivity contribution in [1.29, 1.82) is 0 Å². The largest absolute Gasteiger partial charge is 0.494 e. The predicted octanol–water partition coefficient (Wildman–Crippen LogP) is 8.05. The van der Waals surface area contributed by atoms with E-state index in [-0.39, 0.29) is 0 Å². The minimum Gasteiger partial charge on any atom is -0.494 e. The second-order valence-electron chi connectivity index (χ2n) is 8.27. The van der Waals surface area contributed by atoms with Gasteiger partial charge in [0.15, 0.2) is 0 Å². The third-order valence-electron chi connectivity index (χ3n) is 5.43. The van der Waals surface area contributed by atoms with Gasteiger partial charge in [0, 0.05) is 6.54 Å². The summed E-state index contributed by atoms with van der Waals surface area (Å²) >= 11 is 0. The highest BCUT2D eigenvalue weighted by molar-refractivity contribution is 5.27. The van der Waals surface area contributed by atoms with Gasteiger partial charge < -0.3 is 10.1 Å². The summed E-state index contributed by atoms with van der Waals surface area (Å²) in [5.41, 5.74) is 1.34. The molecule has 0 amide bonds. The van der Waals surface area contributed by atoms with Crippen LogP contribution < -0.4 is 10.1 Å². The average molecular weight is 390 g/mol. The molecule has 0 bridgehead atoms. The Morgan fingerprint density at radius 2 is 1.11 bits per heavy atom. The summed E-state index contributed by atoms with van der Waals surface area (Å²) in [6.07, 6.45) is 21.0. The summed E-state index contributed by atoms with van der Waals surface area (Å²) in [6.45, 7) is 7.33. The maximum Gasteiger partial charge on any atom is 0.119 e. The third-order valence-corrected chi connectivity index (χ3v) is 5.43. The van der Waals surface area contributed by atoms with Crippen molar-refractivity contribution < 1.29 is 4.74 Å². The van der Waals surface area contributed by atoms with E-state index < -0.39 is 0 Å². The molecule has 1 N–H and O–H groups in total. The van der Waals surface area contributed by atoms with Gasteiger partial charge in [0.05, 0.1) is 6.61 Å². The maximum absolute atomic E-state index is 5.62. The standard InChI is InChI=1S/C26H47NO/c1-3-5-6-7-8-9-10-11-12-13-14-15-16-17-22-27-24-25-18-20-26(21-19-25)28-23-4-2/h18-21,27H,3-17,22-24H2,1-2H3. The normalized spacial score (nSPS) is 11.1. The molecule has 2 nitrogen and oxygen atoms in total. The summed E-state index contributed by atoms with van der Waals surface area (Å²) < 4.78 is 5.62. The predicted molar refractivity (Wildman–Crippen MR) is 124 cm³/mol. The fraction of sp³-hybridized carbons (Fsp3) is 0.769. The van der Waals surface area contributed by atoms with Gasteiger partial charge in [-0.1, -0.05) is 109 Å². The molecule has 0 aliphatic rings. The smallest absolute Gasteiger partial charge is 0.119 e. The SMILES string of the molecule is CCCCCCCCCCCCCCCCNCc1ccc(OCCC)cc1. The highest BCUT2D eigenvalue weighted by Crippen LogP contribution is 2.14. The van der Waals surface area contributed by atoms with E-state index in [0.717, 1.165) is 31.9 Å². The topological polar surface area (TPSA) is 21.3 Å². The molecule has 0 atom stereocenters. The van der Waals surface area contributed by atoms with Gasteiger partial charge in [0.25, 0.3) is 0 Å². The molecule has 0 spiro atoms. The van der Waals surface area contributed by atoms with Crippen LogP contribution in [0.2, 0.25) is 0 Å². The lowest BCUT2D eigenvalue weighted by Gasteiger charge is -2.07. The van der Waals surface area contributed by atoms with E-state index in [1.165, 1.54) is 95.5 Å². The number of ether oxygens (including phenoxy) is 1. The monoisotopic (exact) mass is 389 g/mol. The van der Waals surface area contributed by atoms with Crippen LogP contribution in [-0.2, 0) is 6.54 Å². The molecule has 0 unspecified atom stereocenters. The Hall–Kier alpha value is -1.02. The fourth-order valence-corrected chi connectivity index (χ4v) is 3.60. The molecule has 0 heterocycles. The highest BCUT2D eigenvalue weighted by Gasteiger charge is 1.97. The first-order chi connectivity index (χ1) is 13.9. The number of hydrogen-bond acceptors (Lipinski definition) is 2. The van der Waals surface area contributed by atoms with Gasteiger partial charge in [-0.15, -0.1) is 0 Å². The van der Waals surface area contributed by atoms with E-state index in [2.05, 4.69) is 43.4 Å². The second kappa shape index (κ2) is 19.3. The maximum atomic E-state index is 5.62. The minimum absolute atomic E-state index is 0.802. The zero-order chi connectivity index (χ0) is 20.1. The van der Waals surface area contributed by atoms with Gasteiger partial charge >= 0.3 is 0 Å². The van der Waals surface area contributed by atoms with Crippen molar-refractivity contribution in [2.24, 2.45) is 0 Å². The van der Waals surface area contributed by atoms with Crippen LogP contribution in [0.5, 0.6) is 5.75 Å². The fourth-order valence-electron chi connectivity index (χ4n) is 3.60. The molecule has 0 aromatic heterocycles. The van der Waals surface area contributed by atoms with Crippen molar-refractivity contribution in [3.05, 3.63) is 29.8 Å². The van der Waals surface area contributed by atoms with Crippen LogP contribution in [0.4, 0.5) is 0 Å². The van der Waals surface area contributed by atoms with E-state index in [0.29, 0.717) is 0 Å². The third kappa shape index (κ3) is 15.0. The summed E-state index contributed by atoms with van der Waals surface area (Å²) in [6, 6.07) is 8.50. The Bertz CT molecular complexity index is 429. The van der Waals surface area contributed by atoms with Crippen molar-refractivity contribution in [3.63, 3.8) is 0 Å². The van der Waals surface area contributed by atoms with Gasteiger partial charge in [-0.25, -0.2) is 0 Å². The van der Waals surface area contributed by atoms with Crippen molar-refractivity contribution >= 4 is 0 Å². The molecule has 0 saturated carbocycles. The highest BCUT2D eigenvalue weighted by atomic mass is 16.5. The quantitative estimate of drug-likeness (QED) is 0.228. The zero-order valence-electron chi connectivity index (χ0n) is 18.9. The number of benzene rings is 1. The lowest BCUT2D eigenvalue weighted by atomic mass is 10.0. The number of nitrogens with one attached hydrogen (secondary N) is 1. The first-order valence-electron chi connectivity index (χ1n) is 12.3. The lowest BCUT2D eigenvalue weighted by molar-refractivity contribution is 0.317. The molecule has 28 heavy (non-hydrogen) atoms. The first kappa shape index (κ1) is 25.0. The van der Waals surface area contributed by atoms with Crippen molar-refractivity contribution in [3.8, 4) is 5.75 Å². The first-order valence-corrected chi connectivity index (χ1v) is 12.3. The Morgan fingerprint density at radius 3 is 1.61 bits per heavy atom. The molecule has 0 aliphatic carbocycles. The Kier molecular flexibility index (Phi) is 17.2. The summed E-state index contributed by atoms with van der Waals surface area (Å²) in [7, 11) is 0. The van der Waals surface area contributed by atoms with Crippen molar-refractivity contribution in [2.45, 2.75) is 117 Å². The Labute approximate surface area is 175 Å². The molecule has 1 rings (SSSR count). The molecule has 2 heteroatoms. The summed E-state index contributed by atoms with van der Waals surface area (Å²) in [4.78, 5) is 0. The second-order valence-corrected chi connectivity index (χ2v) is 8.27. The Morgan fingerprint density at radius 1 is 0.607 bits per heavy atom. The molecule has 0 aliphatic heterocycles. The number of unbranched alkanes of at least 4 members (excludes halogenated alkanes) is 13. The van der Waals surface area contributed by atoms with Crippen molar-refractivity contribution in [1.82, 2.24) is 5.32 Å². The van der Waals surface area contributed by atoms with Crippen LogP contribution in [0.15, 0.2) is 24.3 Å². The Balaban J connectivity index is 1.80. The molecule has 1 aromatic carbocycles. The van der Waals surface area contributed by atoms with Gasteiger partial charge in [0.2, 0.25) is 0 Å². The van der Waals surface area contributed by atoms with E-state index >= 15 is 0 Å². The molecular formula is C26H47NO. The van der Waals surface area contributed by atoms with E-state index in [1.54, 1.807) is 0 Å². The number of rotatable bonds is 20. The van der Waals surface area contributed by atoms with Gasteiger partial charge in [-0.05, 0) is 37.1 Å². The van der Waals surface area contributed by atoms with E-state index in [1.807, 2.05) is 0 Å². The van der Waals surface area contributed by atoms with Crippen LogP contribution in [0.3, 0.4) is 0 Å². The minimum atomic E-state index is 0.802. The lowest BCUT2D eigenvalue weighted by Crippen LogP contribution is -2.14.